The van der Waals surface area contributed by atoms with Gasteiger partial charge in [-0.25, -0.2) is 0 Å². The van der Waals surface area contributed by atoms with Crippen molar-refractivity contribution in [2.45, 2.75) is 31.2 Å². The second kappa shape index (κ2) is 7.02. The highest BCUT2D eigenvalue weighted by Crippen LogP contribution is 2.41. The van der Waals surface area contributed by atoms with E-state index in [9.17, 15) is 9.59 Å². The second-order valence-corrected chi connectivity index (χ2v) is 7.26. The van der Waals surface area contributed by atoms with Crippen LogP contribution < -0.4 is 9.64 Å². The van der Waals surface area contributed by atoms with Crippen LogP contribution in [0.25, 0.3) is 0 Å². The lowest BCUT2D eigenvalue weighted by Crippen LogP contribution is -2.65. The van der Waals surface area contributed by atoms with E-state index in [4.69, 9.17) is 4.74 Å². The number of anilines is 1. The van der Waals surface area contributed by atoms with Crippen molar-refractivity contribution in [1.29, 1.82) is 0 Å². The van der Waals surface area contributed by atoms with Crippen molar-refractivity contribution in [3.63, 3.8) is 0 Å². The number of nitrogens with zero attached hydrogens (tertiary/aromatic N) is 3. The number of hydrogen-bond acceptors (Lipinski definition) is 4. The van der Waals surface area contributed by atoms with E-state index < -0.39 is 0 Å². The average Bonchev–Trinajstić information content (AvgIpc) is 3.16. The van der Waals surface area contributed by atoms with Crippen LogP contribution in [0.4, 0.5) is 5.69 Å². The molecule has 0 bridgehead atoms. The number of benzene rings is 1. The van der Waals surface area contributed by atoms with Gasteiger partial charge in [0.05, 0.1) is 18.2 Å². The Balaban J connectivity index is 1.65. The lowest BCUT2D eigenvalue weighted by atomic mass is 9.90. The standard InChI is InChI=1S/C21H23N3O3/c1-27-18-8-6-17(7-9-18)24-19(25)14-23(15-21(24)10-2-3-11-21)20(26)16-5-4-12-22-13-16/h4-9,12-13H,2-3,10-11,14-15H2,1H3. The average molecular weight is 365 g/mol. The summed E-state index contributed by atoms with van der Waals surface area (Å²) < 4.78 is 5.24. The molecule has 6 heteroatoms. The summed E-state index contributed by atoms with van der Waals surface area (Å²) in [7, 11) is 1.63. The van der Waals surface area contributed by atoms with Gasteiger partial charge in [0.25, 0.3) is 5.91 Å². The van der Waals surface area contributed by atoms with Gasteiger partial charge in [0.15, 0.2) is 0 Å². The van der Waals surface area contributed by atoms with Crippen LogP contribution in [0.15, 0.2) is 48.8 Å². The molecule has 0 atom stereocenters. The summed E-state index contributed by atoms with van der Waals surface area (Å²) in [5.74, 6) is 0.597. The molecule has 1 saturated heterocycles. The summed E-state index contributed by atoms with van der Waals surface area (Å²) in [6.45, 7) is 0.639. The summed E-state index contributed by atoms with van der Waals surface area (Å²) in [6.07, 6.45) is 7.14. The van der Waals surface area contributed by atoms with Crippen molar-refractivity contribution >= 4 is 17.5 Å². The third kappa shape index (κ3) is 3.16. The maximum atomic E-state index is 13.1. The van der Waals surface area contributed by atoms with Gasteiger partial charge in [0.1, 0.15) is 12.3 Å². The quantitative estimate of drug-likeness (QED) is 0.839. The first-order valence-electron chi connectivity index (χ1n) is 9.29. The Hall–Kier alpha value is -2.89. The highest BCUT2D eigenvalue weighted by molar-refractivity contribution is 6.02. The summed E-state index contributed by atoms with van der Waals surface area (Å²) in [5, 5.41) is 0. The first-order chi connectivity index (χ1) is 13.1. The predicted molar refractivity (Wildman–Crippen MR) is 102 cm³/mol. The molecule has 4 rings (SSSR count). The van der Waals surface area contributed by atoms with E-state index in [1.165, 1.54) is 0 Å². The molecule has 1 saturated carbocycles. The van der Waals surface area contributed by atoms with Crippen LogP contribution in [0.2, 0.25) is 0 Å². The van der Waals surface area contributed by atoms with Gasteiger partial charge >= 0.3 is 0 Å². The molecule has 0 radical (unpaired) electrons. The molecular weight excluding hydrogens is 342 g/mol. The Morgan fingerprint density at radius 2 is 1.89 bits per heavy atom. The minimum atomic E-state index is -0.332. The first kappa shape index (κ1) is 17.5. The Morgan fingerprint density at radius 3 is 2.52 bits per heavy atom. The van der Waals surface area contributed by atoms with Gasteiger partial charge in [-0.3, -0.25) is 14.6 Å². The highest BCUT2D eigenvalue weighted by Gasteiger charge is 2.48. The largest absolute Gasteiger partial charge is 0.497 e. The lowest BCUT2D eigenvalue weighted by Gasteiger charge is -2.48. The van der Waals surface area contributed by atoms with Gasteiger partial charge in [-0.05, 0) is 49.2 Å². The molecule has 6 nitrogen and oxygen atoms in total. The van der Waals surface area contributed by atoms with Crippen molar-refractivity contribution in [1.82, 2.24) is 9.88 Å². The van der Waals surface area contributed by atoms with E-state index >= 15 is 0 Å². The van der Waals surface area contributed by atoms with E-state index in [1.807, 2.05) is 29.2 Å². The molecule has 27 heavy (non-hydrogen) atoms. The van der Waals surface area contributed by atoms with Crippen LogP contribution in [0.5, 0.6) is 5.75 Å². The monoisotopic (exact) mass is 365 g/mol. The Labute approximate surface area is 158 Å². The van der Waals surface area contributed by atoms with Gasteiger partial charge in [0, 0.05) is 24.6 Å². The predicted octanol–water partition coefficient (Wildman–Crippen LogP) is 2.89. The molecule has 2 fully saturated rings. The number of aromatic nitrogens is 1. The number of methoxy groups -OCH3 is 1. The third-order valence-corrected chi connectivity index (χ3v) is 5.60. The zero-order valence-corrected chi connectivity index (χ0v) is 15.4. The smallest absolute Gasteiger partial charge is 0.255 e. The zero-order valence-electron chi connectivity index (χ0n) is 15.4. The van der Waals surface area contributed by atoms with Crippen molar-refractivity contribution in [3.05, 3.63) is 54.4 Å². The fraction of sp³-hybridized carbons (Fsp3) is 0.381. The van der Waals surface area contributed by atoms with Crippen molar-refractivity contribution < 1.29 is 14.3 Å². The third-order valence-electron chi connectivity index (χ3n) is 5.60. The molecule has 1 spiro atoms. The molecule has 1 aliphatic carbocycles. The normalized spacial score (nSPS) is 18.8. The van der Waals surface area contributed by atoms with Crippen molar-refractivity contribution in [2.75, 3.05) is 25.1 Å². The van der Waals surface area contributed by atoms with E-state index in [2.05, 4.69) is 4.98 Å². The lowest BCUT2D eigenvalue weighted by molar-refractivity contribution is -0.123. The zero-order chi connectivity index (χ0) is 18.9. The van der Waals surface area contributed by atoms with Crippen LogP contribution >= 0.6 is 0 Å². The summed E-state index contributed by atoms with van der Waals surface area (Å²) in [5.41, 5.74) is 1.06. The molecule has 2 amide bonds. The number of amides is 2. The van der Waals surface area contributed by atoms with Crippen LogP contribution in [0.3, 0.4) is 0 Å². The molecule has 2 aliphatic rings. The van der Waals surface area contributed by atoms with E-state index in [-0.39, 0.29) is 23.9 Å². The van der Waals surface area contributed by atoms with E-state index in [0.717, 1.165) is 37.1 Å². The fourth-order valence-corrected chi connectivity index (χ4v) is 4.36. The van der Waals surface area contributed by atoms with Crippen LogP contribution in [0.1, 0.15) is 36.0 Å². The number of ether oxygens (including phenoxy) is 1. The minimum absolute atomic E-state index is 0.0365. The summed E-state index contributed by atoms with van der Waals surface area (Å²) in [6, 6.07) is 11.1. The Kier molecular flexibility index (Phi) is 4.56. The number of carbonyl (C=O) groups excluding carboxylic acids is 2. The van der Waals surface area contributed by atoms with Crippen LogP contribution in [-0.4, -0.2) is 47.4 Å². The Morgan fingerprint density at radius 1 is 1.15 bits per heavy atom. The second-order valence-electron chi connectivity index (χ2n) is 7.26. The molecule has 2 aromatic rings. The summed E-state index contributed by atoms with van der Waals surface area (Å²) >= 11 is 0. The molecule has 2 heterocycles. The number of carbonyl (C=O) groups is 2. The molecule has 140 valence electrons. The Bertz CT molecular complexity index is 830. The maximum absolute atomic E-state index is 13.1. The molecule has 1 aliphatic heterocycles. The van der Waals surface area contributed by atoms with Crippen molar-refractivity contribution in [2.24, 2.45) is 0 Å². The molecule has 0 unspecified atom stereocenters. The summed E-state index contributed by atoms with van der Waals surface area (Å²) in [4.78, 5) is 33.7. The minimum Gasteiger partial charge on any atom is -0.497 e. The number of pyridine rings is 1. The van der Waals surface area contributed by atoms with Gasteiger partial charge in [-0.1, -0.05) is 12.8 Å². The van der Waals surface area contributed by atoms with Gasteiger partial charge < -0.3 is 14.5 Å². The van der Waals surface area contributed by atoms with Crippen molar-refractivity contribution in [3.8, 4) is 5.75 Å². The SMILES string of the molecule is COc1ccc(N2C(=O)CN(C(=O)c3cccnc3)CC23CCCC3)cc1. The van der Waals surface area contributed by atoms with E-state index in [0.29, 0.717) is 12.1 Å². The number of piperazine rings is 1. The number of hydrogen-bond donors (Lipinski definition) is 0. The van der Waals surface area contributed by atoms with E-state index in [1.54, 1.807) is 36.5 Å². The fourth-order valence-electron chi connectivity index (χ4n) is 4.36. The van der Waals surface area contributed by atoms with Crippen LogP contribution in [-0.2, 0) is 4.79 Å². The maximum Gasteiger partial charge on any atom is 0.255 e. The molecule has 1 aromatic heterocycles. The highest BCUT2D eigenvalue weighted by atomic mass is 16.5. The first-order valence-corrected chi connectivity index (χ1v) is 9.29. The number of rotatable bonds is 3. The topological polar surface area (TPSA) is 62.7 Å². The van der Waals surface area contributed by atoms with Gasteiger partial charge in [-0.15, -0.1) is 0 Å². The molecule has 0 N–H and O–H groups in total. The molecule has 1 aromatic carbocycles. The van der Waals surface area contributed by atoms with Gasteiger partial charge in [-0.2, -0.15) is 0 Å². The van der Waals surface area contributed by atoms with Crippen LogP contribution in [0, 0.1) is 0 Å². The molecular formula is C21H23N3O3. The van der Waals surface area contributed by atoms with Gasteiger partial charge in [0.2, 0.25) is 5.91 Å².